The van der Waals surface area contributed by atoms with Crippen molar-refractivity contribution in [1.82, 2.24) is 9.34 Å². The van der Waals surface area contributed by atoms with E-state index in [4.69, 9.17) is 9.26 Å². The molecule has 0 aliphatic carbocycles. The highest BCUT2D eigenvalue weighted by Crippen LogP contribution is 2.63. The highest BCUT2D eigenvalue weighted by atomic mass is 31.2. The molecule has 9 heteroatoms. The van der Waals surface area contributed by atoms with E-state index in [1.165, 1.54) is 6.07 Å². The third kappa shape index (κ3) is 4.70. The Kier molecular flexibility index (Phi) is 5.76. The Morgan fingerprint density at radius 1 is 0.909 bits per heavy atom. The van der Waals surface area contributed by atoms with Crippen molar-refractivity contribution >= 4 is 13.4 Å². The first-order chi connectivity index (χ1) is 15.9. The Morgan fingerprint density at radius 2 is 1.52 bits per heavy atom. The lowest BCUT2D eigenvalue weighted by molar-refractivity contribution is -0.385. The SMILES string of the molecule is C[C@H](OP(=O)(N1CC1)N1CC1)c1ccc([N+](=O)[O-])c(Oc2ccc(-c3ccccc3)cc2)c1. The number of hydrogen-bond acceptors (Lipinski definition) is 5. The molecule has 0 bridgehead atoms. The number of nitrogens with zero attached hydrogens (tertiary/aromatic N) is 3. The summed E-state index contributed by atoms with van der Waals surface area (Å²) >= 11 is 0. The fraction of sp³-hybridized carbons (Fsp3) is 0.250. The number of benzene rings is 3. The summed E-state index contributed by atoms with van der Waals surface area (Å²) in [6.45, 7) is 4.84. The summed E-state index contributed by atoms with van der Waals surface area (Å²) < 4.78 is 28.9. The molecule has 0 saturated carbocycles. The third-order valence-corrected chi connectivity index (χ3v) is 8.52. The topological polar surface area (TPSA) is 84.7 Å². The summed E-state index contributed by atoms with van der Waals surface area (Å²) in [6, 6.07) is 22.0. The van der Waals surface area contributed by atoms with E-state index in [1.807, 2.05) is 51.8 Å². The quantitative estimate of drug-likeness (QED) is 0.169. The molecule has 2 fully saturated rings. The molecule has 33 heavy (non-hydrogen) atoms. The zero-order valence-corrected chi connectivity index (χ0v) is 19.1. The summed E-state index contributed by atoms with van der Waals surface area (Å²) in [5, 5.41) is 11.6. The summed E-state index contributed by atoms with van der Waals surface area (Å²) in [4.78, 5) is 11.1. The molecular formula is C24H24N3O5P. The molecule has 0 radical (unpaired) electrons. The Balaban J connectivity index is 1.38. The number of nitro benzene ring substituents is 1. The van der Waals surface area contributed by atoms with Crippen molar-refractivity contribution in [3.8, 4) is 22.6 Å². The lowest BCUT2D eigenvalue weighted by atomic mass is 10.1. The molecule has 2 saturated heterocycles. The molecule has 5 rings (SSSR count). The fourth-order valence-electron chi connectivity index (χ4n) is 3.66. The van der Waals surface area contributed by atoms with Gasteiger partial charge in [0.15, 0.2) is 0 Å². The van der Waals surface area contributed by atoms with Gasteiger partial charge < -0.3 is 4.74 Å². The highest BCUT2D eigenvalue weighted by Gasteiger charge is 2.50. The molecule has 0 N–H and O–H groups in total. The number of nitro groups is 1. The second-order valence-electron chi connectivity index (χ2n) is 8.12. The van der Waals surface area contributed by atoms with Crippen molar-refractivity contribution in [1.29, 1.82) is 0 Å². The maximum absolute atomic E-state index is 13.3. The minimum absolute atomic E-state index is 0.119. The van der Waals surface area contributed by atoms with Crippen LogP contribution in [0.4, 0.5) is 5.69 Å². The minimum Gasteiger partial charge on any atom is -0.450 e. The maximum atomic E-state index is 13.3. The van der Waals surface area contributed by atoms with Gasteiger partial charge in [-0.2, -0.15) is 0 Å². The first-order valence-electron chi connectivity index (χ1n) is 10.8. The average molecular weight is 465 g/mol. The van der Waals surface area contributed by atoms with Crippen molar-refractivity contribution < 1.29 is 18.7 Å². The van der Waals surface area contributed by atoms with E-state index in [0.29, 0.717) is 11.3 Å². The van der Waals surface area contributed by atoms with E-state index < -0.39 is 18.7 Å². The predicted molar refractivity (Wildman–Crippen MR) is 125 cm³/mol. The van der Waals surface area contributed by atoms with Crippen LogP contribution in [0.2, 0.25) is 0 Å². The van der Waals surface area contributed by atoms with Crippen molar-refractivity contribution in [2.45, 2.75) is 13.0 Å². The number of hydrogen-bond donors (Lipinski definition) is 0. The van der Waals surface area contributed by atoms with Gasteiger partial charge in [-0.15, -0.1) is 0 Å². The largest absolute Gasteiger partial charge is 0.450 e. The summed E-state index contributed by atoms with van der Waals surface area (Å²) in [7, 11) is -3.02. The van der Waals surface area contributed by atoms with Crippen LogP contribution < -0.4 is 4.74 Å². The van der Waals surface area contributed by atoms with Crippen LogP contribution in [0.25, 0.3) is 11.1 Å². The van der Waals surface area contributed by atoms with Crippen molar-refractivity contribution in [3.63, 3.8) is 0 Å². The Labute approximate surface area is 192 Å². The van der Waals surface area contributed by atoms with E-state index in [0.717, 1.165) is 37.3 Å². The van der Waals surface area contributed by atoms with Gasteiger partial charge in [0, 0.05) is 32.2 Å². The van der Waals surface area contributed by atoms with Gasteiger partial charge in [0.25, 0.3) is 0 Å². The van der Waals surface area contributed by atoms with Gasteiger partial charge in [0.2, 0.25) is 5.75 Å². The second kappa shape index (κ2) is 8.72. The zero-order chi connectivity index (χ0) is 23.0. The van der Waals surface area contributed by atoms with E-state index >= 15 is 0 Å². The minimum atomic E-state index is -3.02. The molecule has 3 aromatic rings. The van der Waals surface area contributed by atoms with E-state index in [9.17, 15) is 14.7 Å². The second-order valence-corrected chi connectivity index (χ2v) is 10.4. The predicted octanol–water partition coefficient (Wildman–Crippen LogP) is 5.87. The molecular weight excluding hydrogens is 441 g/mol. The van der Waals surface area contributed by atoms with Gasteiger partial charge in [-0.3, -0.25) is 19.2 Å². The maximum Gasteiger partial charge on any atom is 0.346 e. The van der Waals surface area contributed by atoms with Gasteiger partial charge >= 0.3 is 13.4 Å². The van der Waals surface area contributed by atoms with Crippen molar-refractivity contribution in [3.05, 3.63) is 88.5 Å². The van der Waals surface area contributed by atoms with E-state index in [2.05, 4.69) is 0 Å². The molecule has 170 valence electrons. The molecule has 2 aliphatic rings. The molecule has 8 nitrogen and oxygen atoms in total. The van der Waals surface area contributed by atoms with Crippen molar-refractivity contribution in [2.75, 3.05) is 26.2 Å². The first kappa shape index (κ1) is 21.8. The molecule has 2 heterocycles. The van der Waals surface area contributed by atoms with Gasteiger partial charge in [-0.25, -0.2) is 9.34 Å². The standard InChI is InChI=1S/C24H24N3O5P/c1-18(32-33(30,25-13-14-25)26-15-16-26)21-9-12-23(27(28)29)24(17-21)31-22-10-7-20(8-11-22)19-5-3-2-4-6-19/h2-12,17-18H,13-16H2,1H3/t18-/m0/s1. The molecule has 3 aromatic carbocycles. The number of rotatable bonds is 9. The normalized spacial score (nSPS) is 16.9. The van der Waals surface area contributed by atoms with Crippen molar-refractivity contribution in [2.24, 2.45) is 0 Å². The zero-order valence-electron chi connectivity index (χ0n) is 18.2. The van der Waals surface area contributed by atoms with Crippen LogP contribution in [-0.2, 0) is 9.09 Å². The van der Waals surface area contributed by atoms with Crippen LogP contribution in [0.5, 0.6) is 11.5 Å². The average Bonchev–Trinajstić information content (AvgIpc) is 3.72. The van der Waals surface area contributed by atoms with E-state index in [1.54, 1.807) is 31.2 Å². The van der Waals surface area contributed by atoms with Crippen LogP contribution >= 0.6 is 7.67 Å². The van der Waals surface area contributed by atoms with Crippen LogP contribution in [0.1, 0.15) is 18.6 Å². The monoisotopic (exact) mass is 465 g/mol. The summed E-state index contributed by atoms with van der Waals surface area (Å²) in [5.74, 6) is 0.607. The summed E-state index contributed by atoms with van der Waals surface area (Å²) in [5.41, 5.74) is 2.62. The Hall–Kier alpha value is -3.03. The molecule has 0 unspecified atom stereocenters. The molecule has 0 spiro atoms. The van der Waals surface area contributed by atoms with Crippen LogP contribution in [0, 0.1) is 10.1 Å². The lowest BCUT2D eigenvalue weighted by Gasteiger charge is -2.24. The Morgan fingerprint density at radius 3 is 2.09 bits per heavy atom. The Bertz CT molecular complexity index is 1190. The molecule has 1 atom stereocenters. The lowest BCUT2D eigenvalue weighted by Crippen LogP contribution is -2.10. The number of ether oxygens (including phenoxy) is 1. The van der Waals surface area contributed by atoms with Gasteiger partial charge in [0.1, 0.15) is 5.75 Å². The van der Waals surface area contributed by atoms with Crippen LogP contribution in [-0.4, -0.2) is 40.4 Å². The van der Waals surface area contributed by atoms with Crippen LogP contribution in [0.3, 0.4) is 0 Å². The third-order valence-electron chi connectivity index (χ3n) is 5.70. The molecule has 2 aliphatic heterocycles. The van der Waals surface area contributed by atoms with Gasteiger partial charge in [-0.1, -0.05) is 42.5 Å². The molecule has 0 aromatic heterocycles. The first-order valence-corrected chi connectivity index (χ1v) is 12.4. The smallest absolute Gasteiger partial charge is 0.346 e. The summed E-state index contributed by atoms with van der Waals surface area (Å²) in [6.07, 6.45) is -0.513. The molecule has 0 amide bonds. The van der Waals surface area contributed by atoms with E-state index in [-0.39, 0.29) is 11.4 Å². The van der Waals surface area contributed by atoms with Gasteiger partial charge in [0.05, 0.1) is 11.0 Å². The fourth-order valence-corrected chi connectivity index (χ4v) is 6.01. The highest BCUT2D eigenvalue weighted by molar-refractivity contribution is 7.54. The van der Waals surface area contributed by atoms with Gasteiger partial charge in [-0.05, 0) is 47.9 Å². The van der Waals surface area contributed by atoms with Crippen LogP contribution in [0.15, 0.2) is 72.8 Å².